The van der Waals surface area contributed by atoms with Crippen molar-refractivity contribution in [1.82, 2.24) is 0 Å². The van der Waals surface area contributed by atoms with Gasteiger partial charge in [-0.25, -0.2) is 4.39 Å². The molecule has 0 aliphatic rings. The number of rotatable bonds is 3. The summed E-state index contributed by atoms with van der Waals surface area (Å²) in [5.74, 6) is -0.444. The quantitative estimate of drug-likeness (QED) is 0.729. The van der Waals surface area contributed by atoms with Gasteiger partial charge in [-0.05, 0) is 34.0 Å². The molecule has 0 aromatic heterocycles. The van der Waals surface area contributed by atoms with Crippen molar-refractivity contribution in [2.24, 2.45) is 0 Å². The molecule has 0 aliphatic carbocycles. The lowest BCUT2D eigenvalue weighted by atomic mass is 9.96. The summed E-state index contributed by atoms with van der Waals surface area (Å²) < 4.78 is 13.2. The summed E-state index contributed by atoms with van der Waals surface area (Å²) in [5.41, 5.74) is 1.68. The van der Waals surface area contributed by atoms with Crippen molar-refractivity contribution in [3.63, 3.8) is 0 Å². The van der Waals surface area contributed by atoms with Crippen LogP contribution in [0.15, 0.2) is 60.7 Å². The third kappa shape index (κ3) is 2.92. The molecule has 0 aliphatic heterocycles. The van der Waals surface area contributed by atoms with Crippen LogP contribution in [0.2, 0.25) is 5.02 Å². The highest BCUT2D eigenvalue weighted by molar-refractivity contribution is 6.30. The summed E-state index contributed by atoms with van der Waals surface area (Å²) in [6.45, 7) is 0. The van der Waals surface area contributed by atoms with Gasteiger partial charge in [0.05, 0.1) is 11.1 Å². The number of hydrogen-bond acceptors (Lipinski definition) is 1. The van der Waals surface area contributed by atoms with Crippen molar-refractivity contribution < 1.29 is 9.50 Å². The number of aliphatic hydroxyl groups excluding tert-OH is 1. The van der Waals surface area contributed by atoms with Gasteiger partial charge < -0.3 is 5.11 Å². The zero-order chi connectivity index (χ0) is 14.8. The number of hydrogen-bond donors (Lipinski definition) is 1. The Morgan fingerprint density at radius 2 is 1.76 bits per heavy atom. The molecule has 3 aromatic carbocycles. The minimum atomic E-state index is -0.655. The monoisotopic (exact) mass is 300 g/mol. The van der Waals surface area contributed by atoms with Gasteiger partial charge in [-0.1, -0.05) is 60.1 Å². The van der Waals surface area contributed by atoms with Gasteiger partial charge in [0.1, 0.15) is 5.82 Å². The van der Waals surface area contributed by atoms with E-state index < -0.39 is 11.9 Å². The lowest BCUT2D eigenvalue weighted by molar-refractivity contribution is 0.180. The smallest absolute Gasteiger partial charge is 0.141 e. The molecule has 1 N–H and O–H groups in total. The summed E-state index contributed by atoms with van der Waals surface area (Å²) in [4.78, 5) is 0. The fraction of sp³-hybridized carbons (Fsp3) is 0.111. The van der Waals surface area contributed by atoms with Crippen LogP contribution in [0.1, 0.15) is 17.2 Å². The second kappa shape index (κ2) is 5.84. The van der Waals surface area contributed by atoms with E-state index in [2.05, 4.69) is 0 Å². The topological polar surface area (TPSA) is 20.2 Å². The largest absolute Gasteiger partial charge is 0.388 e. The maximum atomic E-state index is 13.2. The van der Waals surface area contributed by atoms with E-state index in [0.717, 1.165) is 21.9 Å². The van der Waals surface area contributed by atoms with Crippen molar-refractivity contribution in [3.8, 4) is 0 Å². The summed E-state index contributed by atoms with van der Waals surface area (Å²) in [7, 11) is 0. The van der Waals surface area contributed by atoms with Crippen molar-refractivity contribution >= 4 is 22.4 Å². The molecule has 21 heavy (non-hydrogen) atoms. The predicted molar refractivity (Wildman–Crippen MR) is 84.0 cm³/mol. The first kappa shape index (κ1) is 14.1. The molecule has 1 atom stereocenters. The van der Waals surface area contributed by atoms with Gasteiger partial charge in [0.25, 0.3) is 0 Å². The lowest BCUT2D eigenvalue weighted by Crippen LogP contribution is -2.03. The van der Waals surface area contributed by atoms with E-state index in [9.17, 15) is 9.50 Å². The van der Waals surface area contributed by atoms with Gasteiger partial charge in [-0.2, -0.15) is 0 Å². The highest BCUT2D eigenvalue weighted by Crippen LogP contribution is 2.27. The molecule has 3 heteroatoms. The molecule has 3 rings (SSSR count). The number of benzene rings is 3. The molecule has 1 unspecified atom stereocenters. The summed E-state index contributed by atoms with van der Waals surface area (Å²) in [6.07, 6.45) is -0.258. The average molecular weight is 301 g/mol. The SMILES string of the molecule is OC(Cc1ccc(F)c(Cl)c1)c1cccc2ccccc12. The Bertz CT molecular complexity index is 780. The standard InChI is InChI=1S/C18H14ClFO/c19-16-10-12(8-9-17(16)20)11-18(21)15-7-3-5-13-4-1-2-6-14(13)15/h1-10,18,21H,11H2. The Labute approximate surface area is 127 Å². The molecule has 0 bridgehead atoms. The molecule has 0 amide bonds. The van der Waals surface area contributed by atoms with Crippen LogP contribution < -0.4 is 0 Å². The number of aliphatic hydroxyl groups is 1. The summed E-state index contributed by atoms with van der Waals surface area (Å²) in [5, 5.41) is 12.7. The van der Waals surface area contributed by atoms with Crippen LogP contribution in [-0.4, -0.2) is 5.11 Å². The second-order valence-electron chi connectivity index (χ2n) is 5.04. The fourth-order valence-electron chi connectivity index (χ4n) is 2.54. The third-order valence-electron chi connectivity index (χ3n) is 3.60. The summed E-state index contributed by atoms with van der Waals surface area (Å²) >= 11 is 5.78. The van der Waals surface area contributed by atoms with E-state index in [0.29, 0.717) is 6.42 Å². The molecule has 106 valence electrons. The van der Waals surface area contributed by atoms with Crippen LogP contribution in [0.3, 0.4) is 0 Å². The molecular formula is C18H14ClFO. The van der Waals surface area contributed by atoms with Crippen LogP contribution >= 0.6 is 11.6 Å². The van der Waals surface area contributed by atoms with Gasteiger partial charge >= 0.3 is 0 Å². The van der Waals surface area contributed by atoms with Crippen LogP contribution in [0.25, 0.3) is 10.8 Å². The number of fused-ring (bicyclic) bond motifs is 1. The van der Waals surface area contributed by atoms with E-state index in [1.54, 1.807) is 12.1 Å². The van der Waals surface area contributed by atoms with Gasteiger partial charge in [0, 0.05) is 6.42 Å². The maximum absolute atomic E-state index is 13.2. The minimum absolute atomic E-state index is 0.0811. The Kier molecular flexibility index (Phi) is 3.91. The highest BCUT2D eigenvalue weighted by atomic mass is 35.5. The van der Waals surface area contributed by atoms with Gasteiger partial charge in [0.15, 0.2) is 0 Å². The Hall–Kier alpha value is -1.90. The van der Waals surface area contributed by atoms with E-state index in [1.807, 2.05) is 42.5 Å². The number of halogens is 2. The zero-order valence-electron chi connectivity index (χ0n) is 11.3. The van der Waals surface area contributed by atoms with Crippen molar-refractivity contribution in [1.29, 1.82) is 0 Å². The molecule has 1 nitrogen and oxygen atoms in total. The molecule has 0 saturated heterocycles. The van der Waals surface area contributed by atoms with Gasteiger partial charge in [-0.15, -0.1) is 0 Å². The Morgan fingerprint density at radius 3 is 2.57 bits per heavy atom. The van der Waals surface area contributed by atoms with E-state index >= 15 is 0 Å². The van der Waals surface area contributed by atoms with Crippen molar-refractivity contribution in [2.45, 2.75) is 12.5 Å². The van der Waals surface area contributed by atoms with Gasteiger partial charge in [-0.3, -0.25) is 0 Å². The van der Waals surface area contributed by atoms with E-state index in [-0.39, 0.29) is 5.02 Å². The Balaban J connectivity index is 1.93. The summed E-state index contributed by atoms with van der Waals surface area (Å²) in [6, 6.07) is 18.3. The molecule has 0 saturated carbocycles. The molecule has 0 spiro atoms. The first-order valence-electron chi connectivity index (χ1n) is 6.75. The molecule has 3 aromatic rings. The Morgan fingerprint density at radius 1 is 1.00 bits per heavy atom. The van der Waals surface area contributed by atoms with Gasteiger partial charge in [0.2, 0.25) is 0 Å². The minimum Gasteiger partial charge on any atom is -0.388 e. The predicted octanol–water partition coefficient (Wildman–Crippen LogP) is 4.91. The average Bonchev–Trinajstić information content (AvgIpc) is 2.50. The van der Waals surface area contributed by atoms with Crippen molar-refractivity contribution in [2.75, 3.05) is 0 Å². The normalized spacial score (nSPS) is 12.5. The maximum Gasteiger partial charge on any atom is 0.141 e. The molecule has 0 fully saturated rings. The zero-order valence-corrected chi connectivity index (χ0v) is 12.0. The fourth-order valence-corrected chi connectivity index (χ4v) is 2.74. The highest BCUT2D eigenvalue weighted by Gasteiger charge is 2.12. The van der Waals surface area contributed by atoms with Crippen LogP contribution in [-0.2, 0) is 6.42 Å². The molecule has 0 heterocycles. The second-order valence-corrected chi connectivity index (χ2v) is 5.44. The molecular weight excluding hydrogens is 287 g/mol. The molecule has 0 radical (unpaired) electrons. The first-order chi connectivity index (χ1) is 10.1. The van der Waals surface area contributed by atoms with E-state index in [4.69, 9.17) is 11.6 Å². The van der Waals surface area contributed by atoms with Crippen LogP contribution in [0.4, 0.5) is 4.39 Å². The van der Waals surface area contributed by atoms with Crippen LogP contribution in [0, 0.1) is 5.82 Å². The third-order valence-corrected chi connectivity index (χ3v) is 3.89. The van der Waals surface area contributed by atoms with Crippen LogP contribution in [0.5, 0.6) is 0 Å². The lowest BCUT2D eigenvalue weighted by Gasteiger charge is -2.14. The first-order valence-corrected chi connectivity index (χ1v) is 7.12. The van der Waals surface area contributed by atoms with Crippen molar-refractivity contribution in [3.05, 3.63) is 82.6 Å². The van der Waals surface area contributed by atoms with E-state index in [1.165, 1.54) is 6.07 Å².